The zero-order valence-electron chi connectivity index (χ0n) is 6.97. The minimum absolute atomic E-state index is 0.289. The molecule has 0 amide bonds. The van der Waals surface area contributed by atoms with Gasteiger partial charge >= 0.3 is 0 Å². The smallest absolute Gasteiger partial charge is 0.273 e. The van der Waals surface area contributed by atoms with Crippen molar-refractivity contribution in [2.45, 2.75) is 6.92 Å². The average Bonchev–Trinajstić information content (AvgIpc) is 2.46. The van der Waals surface area contributed by atoms with Crippen molar-refractivity contribution in [2.24, 2.45) is 0 Å². The number of halogens is 1. The molecule has 13 heavy (non-hydrogen) atoms. The van der Waals surface area contributed by atoms with Gasteiger partial charge in [-0.25, -0.2) is 0 Å². The Kier molecular flexibility index (Phi) is 1.81. The number of aromatic amines is 1. The Balaban J connectivity index is 2.76. The van der Waals surface area contributed by atoms with E-state index in [1.807, 2.05) is 25.1 Å². The van der Waals surface area contributed by atoms with E-state index in [0.29, 0.717) is 0 Å². The number of hydrogen-bond acceptors (Lipinski definition) is 2. The SMILES string of the molecule is Cc1ccc2c(C(=O)Cl)n[nH]c2c1. The lowest BCUT2D eigenvalue weighted by molar-refractivity contribution is 0.107. The number of nitrogens with one attached hydrogen (secondary N) is 1. The number of carbonyl (C=O) groups excluding carboxylic acids is 1. The molecular formula is C9H7ClN2O. The predicted octanol–water partition coefficient (Wildman–Crippen LogP) is 2.25. The number of rotatable bonds is 1. The molecule has 0 saturated heterocycles. The normalized spacial score (nSPS) is 10.6. The summed E-state index contributed by atoms with van der Waals surface area (Å²) in [5.74, 6) is 0. The largest absolute Gasteiger partial charge is 0.277 e. The number of aryl methyl sites for hydroxylation is 1. The van der Waals surface area contributed by atoms with Crippen molar-refractivity contribution in [3.05, 3.63) is 29.5 Å². The predicted molar refractivity (Wildman–Crippen MR) is 51.0 cm³/mol. The molecule has 0 aliphatic rings. The molecule has 0 radical (unpaired) electrons. The highest BCUT2D eigenvalue weighted by atomic mass is 35.5. The number of aromatic nitrogens is 2. The third kappa shape index (κ3) is 1.31. The van der Waals surface area contributed by atoms with Gasteiger partial charge in [0, 0.05) is 5.39 Å². The second kappa shape index (κ2) is 2.85. The molecule has 1 aromatic carbocycles. The fraction of sp³-hybridized carbons (Fsp3) is 0.111. The van der Waals surface area contributed by atoms with Crippen LogP contribution in [0.3, 0.4) is 0 Å². The Hall–Kier alpha value is -1.35. The van der Waals surface area contributed by atoms with E-state index in [2.05, 4.69) is 10.2 Å². The van der Waals surface area contributed by atoms with Crippen LogP contribution in [0, 0.1) is 6.92 Å². The van der Waals surface area contributed by atoms with E-state index in [1.165, 1.54) is 0 Å². The molecule has 0 bridgehead atoms. The van der Waals surface area contributed by atoms with E-state index in [-0.39, 0.29) is 5.69 Å². The monoisotopic (exact) mass is 194 g/mol. The molecule has 66 valence electrons. The van der Waals surface area contributed by atoms with Crippen LogP contribution in [0.5, 0.6) is 0 Å². The summed E-state index contributed by atoms with van der Waals surface area (Å²) in [4.78, 5) is 10.9. The zero-order chi connectivity index (χ0) is 9.42. The van der Waals surface area contributed by atoms with Gasteiger partial charge in [0.05, 0.1) is 5.52 Å². The zero-order valence-corrected chi connectivity index (χ0v) is 7.72. The molecule has 0 aliphatic heterocycles. The van der Waals surface area contributed by atoms with Crippen LogP contribution in [-0.2, 0) is 0 Å². The Labute approximate surface area is 79.7 Å². The summed E-state index contributed by atoms with van der Waals surface area (Å²) in [6, 6.07) is 5.68. The summed E-state index contributed by atoms with van der Waals surface area (Å²) in [7, 11) is 0. The van der Waals surface area contributed by atoms with Gasteiger partial charge in [-0.3, -0.25) is 9.89 Å². The number of benzene rings is 1. The summed E-state index contributed by atoms with van der Waals surface area (Å²) in [6.45, 7) is 1.97. The van der Waals surface area contributed by atoms with Crippen molar-refractivity contribution in [2.75, 3.05) is 0 Å². The number of fused-ring (bicyclic) bond motifs is 1. The first kappa shape index (κ1) is 8.26. The van der Waals surface area contributed by atoms with Crippen molar-refractivity contribution in [1.82, 2.24) is 10.2 Å². The van der Waals surface area contributed by atoms with Crippen LogP contribution in [0.1, 0.15) is 16.1 Å². The molecule has 1 aromatic heterocycles. The van der Waals surface area contributed by atoms with Crippen molar-refractivity contribution in [3.8, 4) is 0 Å². The van der Waals surface area contributed by atoms with Crippen LogP contribution >= 0.6 is 11.6 Å². The van der Waals surface area contributed by atoms with Crippen LogP contribution in [-0.4, -0.2) is 15.4 Å². The van der Waals surface area contributed by atoms with Crippen LogP contribution in [0.25, 0.3) is 10.9 Å². The van der Waals surface area contributed by atoms with Crippen molar-refractivity contribution in [1.29, 1.82) is 0 Å². The molecule has 1 N–H and O–H groups in total. The molecule has 4 heteroatoms. The van der Waals surface area contributed by atoms with Gasteiger partial charge in [0.25, 0.3) is 5.24 Å². The summed E-state index contributed by atoms with van der Waals surface area (Å²) in [5.41, 5.74) is 2.24. The number of H-pyrrole nitrogens is 1. The van der Waals surface area contributed by atoms with Gasteiger partial charge in [0.1, 0.15) is 0 Å². The van der Waals surface area contributed by atoms with E-state index >= 15 is 0 Å². The molecular weight excluding hydrogens is 188 g/mol. The standard InChI is InChI=1S/C9H7ClN2O/c1-5-2-3-6-7(4-5)11-12-8(6)9(10)13/h2-4H,1H3,(H,11,12). The van der Waals surface area contributed by atoms with Crippen molar-refractivity contribution < 1.29 is 4.79 Å². The van der Waals surface area contributed by atoms with Gasteiger partial charge in [0.15, 0.2) is 5.69 Å². The second-order valence-corrected chi connectivity index (χ2v) is 3.24. The second-order valence-electron chi connectivity index (χ2n) is 2.89. The molecule has 0 spiro atoms. The maximum absolute atomic E-state index is 10.9. The lowest BCUT2D eigenvalue weighted by Crippen LogP contribution is -1.88. The van der Waals surface area contributed by atoms with Crippen molar-refractivity contribution in [3.63, 3.8) is 0 Å². The molecule has 2 rings (SSSR count). The van der Waals surface area contributed by atoms with E-state index in [9.17, 15) is 4.79 Å². The Morgan fingerprint density at radius 2 is 2.31 bits per heavy atom. The Morgan fingerprint density at radius 3 is 3.00 bits per heavy atom. The highest BCUT2D eigenvalue weighted by Crippen LogP contribution is 2.18. The van der Waals surface area contributed by atoms with Crippen LogP contribution < -0.4 is 0 Å². The minimum atomic E-state index is -0.532. The van der Waals surface area contributed by atoms with Gasteiger partial charge in [-0.1, -0.05) is 12.1 Å². The van der Waals surface area contributed by atoms with Crippen LogP contribution in [0.15, 0.2) is 18.2 Å². The topological polar surface area (TPSA) is 45.8 Å². The first-order chi connectivity index (χ1) is 6.18. The third-order valence-corrected chi connectivity index (χ3v) is 2.08. The fourth-order valence-electron chi connectivity index (χ4n) is 1.28. The summed E-state index contributed by atoms with van der Waals surface area (Å²) < 4.78 is 0. The molecule has 0 fully saturated rings. The molecule has 1 heterocycles. The average molecular weight is 195 g/mol. The number of nitrogens with zero attached hydrogens (tertiary/aromatic N) is 1. The summed E-state index contributed by atoms with van der Waals surface area (Å²) >= 11 is 5.34. The molecule has 2 aromatic rings. The maximum Gasteiger partial charge on any atom is 0.273 e. The van der Waals surface area contributed by atoms with Gasteiger partial charge in [-0.05, 0) is 30.2 Å². The van der Waals surface area contributed by atoms with E-state index in [1.54, 1.807) is 0 Å². The molecule has 0 unspecified atom stereocenters. The molecule has 0 saturated carbocycles. The Bertz CT molecular complexity index is 475. The summed E-state index contributed by atoms with van der Waals surface area (Å²) in [5, 5.41) is 6.82. The van der Waals surface area contributed by atoms with E-state index in [4.69, 9.17) is 11.6 Å². The van der Waals surface area contributed by atoms with Gasteiger partial charge < -0.3 is 0 Å². The van der Waals surface area contributed by atoms with Gasteiger partial charge in [0.2, 0.25) is 0 Å². The Morgan fingerprint density at radius 1 is 1.54 bits per heavy atom. The number of carbonyl (C=O) groups is 1. The minimum Gasteiger partial charge on any atom is -0.277 e. The molecule has 3 nitrogen and oxygen atoms in total. The van der Waals surface area contributed by atoms with Crippen LogP contribution in [0.4, 0.5) is 0 Å². The first-order valence-electron chi connectivity index (χ1n) is 3.83. The van der Waals surface area contributed by atoms with Gasteiger partial charge in [-0.2, -0.15) is 5.10 Å². The molecule has 0 atom stereocenters. The maximum atomic E-state index is 10.9. The lowest BCUT2D eigenvalue weighted by atomic mass is 10.1. The van der Waals surface area contributed by atoms with Gasteiger partial charge in [-0.15, -0.1) is 0 Å². The highest BCUT2D eigenvalue weighted by molar-refractivity contribution is 6.68. The van der Waals surface area contributed by atoms with Crippen molar-refractivity contribution >= 4 is 27.7 Å². The first-order valence-corrected chi connectivity index (χ1v) is 4.21. The fourth-order valence-corrected chi connectivity index (χ4v) is 1.43. The van der Waals surface area contributed by atoms with E-state index < -0.39 is 5.24 Å². The quantitative estimate of drug-likeness (QED) is 0.708. The lowest BCUT2D eigenvalue weighted by Gasteiger charge is -1.91. The third-order valence-electron chi connectivity index (χ3n) is 1.90. The highest BCUT2D eigenvalue weighted by Gasteiger charge is 2.10. The van der Waals surface area contributed by atoms with Crippen LogP contribution in [0.2, 0.25) is 0 Å². The van der Waals surface area contributed by atoms with E-state index in [0.717, 1.165) is 16.5 Å². The summed E-state index contributed by atoms with van der Waals surface area (Å²) in [6.07, 6.45) is 0. The number of hydrogen-bond donors (Lipinski definition) is 1. The molecule has 0 aliphatic carbocycles.